The molecule has 148 valence electrons. The van der Waals surface area contributed by atoms with E-state index in [9.17, 15) is 14.7 Å². The number of β-amino-alcohol motifs (C(OH)–C–C–N with tert-alkyl or cyclic N) is 1. The molecule has 0 bridgehead atoms. The molecule has 1 aromatic heterocycles. The second-order valence-corrected chi connectivity index (χ2v) is 7.26. The van der Waals surface area contributed by atoms with Gasteiger partial charge >= 0.3 is 0 Å². The summed E-state index contributed by atoms with van der Waals surface area (Å²) in [6, 6.07) is 16.1. The minimum atomic E-state index is -0.669. The van der Waals surface area contributed by atoms with Gasteiger partial charge in [-0.05, 0) is 24.1 Å². The monoisotopic (exact) mass is 390 g/mol. The van der Waals surface area contributed by atoms with Crippen molar-refractivity contribution in [3.63, 3.8) is 0 Å². The number of oxazole rings is 1. The van der Waals surface area contributed by atoms with Crippen LogP contribution < -0.4 is 0 Å². The third kappa shape index (κ3) is 4.27. The zero-order valence-corrected chi connectivity index (χ0v) is 15.9. The minimum Gasteiger partial charge on any atom is -0.444 e. The van der Waals surface area contributed by atoms with Gasteiger partial charge in [-0.15, -0.1) is 0 Å². The fraction of sp³-hybridized carbons (Fsp3) is 0.261. The van der Waals surface area contributed by atoms with Crippen LogP contribution in [0.25, 0.3) is 11.3 Å². The quantitative estimate of drug-likeness (QED) is 0.699. The summed E-state index contributed by atoms with van der Waals surface area (Å²) in [4.78, 5) is 31.0. The number of hydrogen-bond donors (Lipinski definition) is 1. The second kappa shape index (κ2) is 8.41. The summed E-state index contributed by atoms with van der Waals surface area (Å²) in [6.45, 7) is 0.190. The average molecular weight is 390 g/mol. The number of aromatic nitrogens is 1. The largest absolute Gasteiger partial charge is 0.444 e. The molecule has 6 heteroatoms. The van der Waals surface area contributed by atoms with Crippen molar-refractivity contribution in [1.82, 2.24) is 9.88 Å². The first-order valence-corrected chi connectivity index (χ1v) is 9.66. The summed E-state index contributed by atoms with van der Waals surface area (Å²) >= 11 is 0. The summed E-state index contributed by atoms with van der Waals surface area (Å²) in [5.41, 5.74) is 2.49. The molecule has 2 atom stereocenters. The first kappa shape index (κ1) is 19.1. The fourth-order valence-corrected chi connectivity index (χ4v) is 3.72. The number of ketones is 1. The zero-order valence-electron chi connectivity index (χ0n) is 15.9. The van der Waals surface area contributed by atoms with E-state index < -0.39 is 12.1 Å². The normalized spacial score (nSPS) is 18.7. The minimum absolute atomic E-state index is 0.0230. The van der Waals surface area contributed by atoms with Crippen LogP contribution in [0.4, 0.5) is 0 Å². The predicted octanol–water partition coefficient (Wildman–Crippen LogP) is 3.12. The number of likely N-dealkylation sites (tertiary alicyclic amines) is 1. The van der Waals surface area contributed by atoms with Crippen molar-refractivity contribution in [2.45, 2.75) is 31.4 Å². The van der Waals surface area contributed by atoms with Gasteiger partial charge in [0.05, 0.1) is 18.3 Å². The number of nitrogens with zero attached hydrogens (tertiary/aromatic N) is 2. The molecule has 0 aliphatic carbocycles. The molecular formula is C23H22N2O4. The summed E-state index contributed by atoms with van der Waals surface area (Å²) in [5, 5.41) is 10.1. The summed E-state index contributed by atoms with van der Waals surface area (Å²) < 4.78 is 5.28. The van der Waals surface area contributed by atoms with Gasteiger partial charge in [-0.2, -0.15) is 0 Å². The first-order valence-electron chi connectivity index (χ1n) is 9.66. The van der Waals surface area contributed by atoms with Gasteiger partial charge in [-0.25, -0.2) is 4.98 Å². The van der Waals surface area contributed by atoms with Gasteiger partial charge in [0.15, 0.2) is 17.9 Å². The van der Waals surface area contributed by atoms with Gasteiger partial charge in [0, 0.05) is 30.5 Å². The Hall–Kier alpha value is -3.25. The molecule has 0 saturated carbocycles. The average Bonchev–Trinajstić information content (AvgIpc) is 3.42. The van der Waals surface area contributed by atoms with E-state index in [0.29, 0.717) is 30.6 Å². The second-order valence-electron chi connectivity index (χ2n) is 7.26. The van der Waals surface area contributed by atoms with Crippen molar-refractivity contribution < 1.29 is 19.1 Å². The Labute approximate surface area is 168 Å². The van der Waals surface area contributed by atoms with E-state index in [1.54, 1.807) is 30.5 Å². The van der Waals surface area contributed by atoms with Crippen LogP contribution >= 0.6 is 0 Å². The number of carbonyl (C=O) groups excluding carboxylic acids is 2. The molecule has 2 heterocycles. The van der Waals surface area contributed by atoms with Gasteiger partial charge in [-0.1, -0.05) is 42.5 Å². The van der Waals surface area contributed by atoms with Crippen LogP contribution in [0.15, 0.2) is 71.6 Å². The van der Waals surface area contributed by atoms with Crippen LogP contribution in [-0.2, 0) is 11.2 Å². The lowest BCUT2D eigenvalue weighted by Gasteiger charge is -2.23. The Kier molecular flexibility index (Phi) is 5.53. The molecule has 1 aliphatic rings. The molecule has 3 aromatic rings. The molecule has 1 aliphatic heterocycles. The van der Waals surface area contributed by atoms with Crippen LogP contribution in [0, 0.1) is 0 Å². The van der Waals surface area contributed by atoms with Crippen LogP contribution in [0.5, 0.6) is 0 Å². The molecule has 1 N–H and O–H groups in total. The maximum Gasteiger partial charge on any atom is 0.254 e. The van der Waals surface area contributed by atoms with E-state index in [4.69, 9.17) is 4.42 Å². The molecule has 1 fully saturated rings. The molecule has 1 amide bonds. The van der Waals surface area contributed by atoms with Crippen LogP contribution in [-0.4, -0.2) is 45.4 Å². The molecule has 4 rings (SSSR count). The Morgan fingerprint density at radius 3 is 2.55 bits per heavy atom. The van der Waals surface area contributed by atoms with E-state index in [-0.39, 0.29) is 18.2 Å². The van der Waals surface area contributed by atoms with Crippen LogP contribution in [0.2, 0.25) is 0 Å². The van der Waals surface area contributed by atoms with E-state index in [0.717, 1.165) is 11.1 Å². The topological polar surface area (TPSA) is 83.6 Å². The molecule has 0 radical (unpaired) electrons. The molecule has 1 saturated heterocycles. The first-order chi connectivity index (χ1) is 14.1. The van der Waals surface area contributed by atoms with Crippen molar-refractivity contribution >= 4 is 11.7 Å². The van der Waals surface area contributed by atoms with Gasteiger partial charge in [0.2, 0.25) is 0 Å². The number of benzene rings is 2. The summed E-state index contributed by atoms with van der Waals surface area (Å²) in [5.74, 6) is 0.463. The molecule has 29 heavy (non-hydrogen) atoms. The van der Waals surface area contributed by atoms with E-state index in [1.165, 1.54) is 11.3 Å². The Balaban J connectivity index is 1.40. The summed E-state index contributed by atoms with van der Waals surface area (Å²) in [6.07, 6.45) is 3.57. The Morgan fingerprint density at radius 2 is 1.86 bits per heavy atom. The SMILES string of the molecule is O=C(CCc1ccc(-c2cnco2)cc1)[C@@H]1C[C@@H](O)CN1C(=O)c1ccccc1. The standard InChI is InChI=1S/C23H22N2O4/c26-19-12-20(25(14-19)23(28)18-4-2-1-3-5-18)21(27)11-8-16-6-9-17(10-7-16)22-13-24-15-29-22/h1-7,9-10,13,15,19-20,26H,8,11-12,14H2/t19-,20+/m1/s1. The number of aliphatic hydroxyl groups excluding tert-OH is 1. The molecule has 0 unspecified atom stereocenters. The van der Waals surface area contributed by atoms with Gasteiger partial charge < -0.3 is 14.4 Å². The number of carbonyl (C=O) groups is 2. The number of Topliss-reactive ketones (excluding diaryl/α,β-unsaturated/α-hetero) is 1. The highest BCUT2D eigenvalue weighted by Crippen LogP contribution is 2.24. The van der Waals surface area contributed by atoms with Crippen molar-refractivity contribution in [2.75, 3.05) is 6.54 Å². The predicted molar refractivity (Wildman–Crippen MR) is 107 cm³/mol. The molecule has 6 nitrogen and oxygen atoms in total. The highest BCUT2D eigenvalue weighted by atomic mass is 16.3. The molecular weight excluding hydrogens is 368 g/mol. The number of rotatable bonds is 6. The van der Waals surface area contributed by atoms with Crippen molar-refractivity contribution in [3.8, 4) is 11.3 Å². The lowest BCUT2D eigenvalue weighted by molar-refractivity contribution is -0.122. The smallest absolute Gasteiger partial charge is 0.254 e. The molecule has 2 aromatic carbocycles. The lowest BCUT2D eigenvalue weighted by atomic mass is 10.00. The van der Waals surface area contributed by atoms with Crippen molar-refractivity contribution in [3.05, 3.63) is 78.3 Å². The third-order valence-corrected chi connectivity index (χ3v) is 5.26. The van der Waals surface area contributed by atoms with Gasteiger partial charge in [-0.3, -0.25) is 9.59 Å². The van der Waals surface area contributed by atoms with Gasteiger partial charge in [0.1, 0.15) is 0 Å². The maximum absolute atomic E-state index is 12.8. The highest BCUT2D eigenvalue weighted by Gasteiger charge is 2.38. The van der Waals surface area contributed by atoms with Gasteiger partial charge in [0.25, 0.3) is 5.91 Å². The van der Waals surface area contributed by atoms with Crippen molar-refractivity contribution in [1.29, 1.82) is 0 Å². The lowest BCUT2D eigenvalue weighted by Crippen LogP contribution is -2.40. The van der Waals surface area contributed by atoms with Crippen LogP contribution in [0.1, 0.15) is 28.8 Å². The summed E-state index contributed by atoms with van der Waals surface area (Å²) in [7, 11) is 0. The number of aliphatic hydroxyl groups is 1. The third-order valence-electron chi connectivity index (χ3n) is 5.26. The van der Waals surface area contributed by atoms with Crippen LogP contribution in [0.3, 0.4) is 0 Å². The highest BCUT2D eigenvalue weighted by molar-refractivity contribution is 5.98. The van der Waals surface area contributed by atoms with E-state index in [2.05, 4.69) is 4.98 Å². The maximum atomic E-state index is 12.8. The Bertz CT molecular complexity index is 968. The molecule has 0 spiro atoms. The van der Waals surface area contributed by atoms with E-state index in [1.807, 2.05) is 30.3 Å². The number of aryl methyl sites for hydroxylation is 1. The zero-order chi connectivity index (χ0) is 20.2. The number of hydrogen-bond acceptors (Lipinski definition) is 5. The van der Waals surface area contributed by atoms with E-state index >= 15 is 0 Å². The fourth-order valence-electron chi connectivity index (χ4n) is 3.72. The van der Waals surface area contributed by atoms with Crippen molar-refractivity contribution in [2.24, 2.45) is 0 Å². The number of amides is 1. The Morgan fingerprint density at radius 1 is 1.10 bits per heavy atom.